The maximum absolute atomic E-state index is 11.3. The average Bonchev–Trinajstić information content (AvgIpc) is 3.94. The van der Waals surface area contributed by atoms with Gasteiger partial charge in [-0.3, -0.25) is 0 Å². The summed E-state index contributed by atoms with van der Waals surface area (Å²) in [6, 6.07) is 25.8. The molecule has 0 bridgehead atoms. The summed E-state index contributed by atoms with van der Waals surface area (Å²) < 4.78 is 4.78. The summed E-state index contributed by atoms with van der Waals surface area (Å²) in [6.45, 7) is 28.9. The Hall–Kier alpha value is -4.78. The molecule has 0 aliphatic carbocycles. The molecule has 10 rings (SSSR count). The van der Waals surface area contributed by atoms with Gasteiger partial charge in [0.25, 0.3) is 0 Å². The predicted octanol–water partition coefficient (Wildman–Crippen LogP) is 16.1. The van der Waals surface area contributed by atoms with Gasteiger partial charge in [-0.05, 0) is 116 Å². The van der Waals surface area contributed by atoms with Gasteiger partial charge in [-0.15, -0.1) is 45.3 Å². The van der Waals surface area contributed by atoms with Crippen LogP contribution < -0.4 is 4.90 Å². The van der Waals surface area contributed by atoms with Crippen molar-refractivity contribution in [2.75, 3.05) is 4.90 Å². The Morgan fingerprint density at radius 3 is 1.31 bits per heavy atom. The fourth-order valence-electron chi connectivity index (χ4n) is 9.82. The smallest absolute Gasteiger partial charge is 0.346 e. The summed E-state index contributed by atoms with van der Waals surface area (Å²) in [5.41, 5.74) is 15.9. The first-order chi connectivity index (χ1) is 28.5. The number of carbonyl (C=O) groups is 1. The van der Waals surface area contributed by atoms with E-state index >= 15 is 0 Å². The molecule has 4 nitrogen and oxygen atoms in total. The number of hydrogen-bond donors (Lipinski definition) is 1. The molecule has 3 aromatic carbocycles. The van der Waals surface area contributed by atoms with Crippen LogP contribution in [0.3, 0.4) is 0 Å². The van der Waals surface area contributed by atoms with E-state index in [1.807, 2.05) is 28.7 Å². The predicted molar refractivity (Wildman–Crippen MR) is 263 cm³/mol. The Kier molecular flexibility index (Phi) is 8.52. The summed E-state index contributed by atoms with van der Waals surface area (Å²) in [5.74, 6) is -1.20. The summed E-state index contributed by atoms with van der Waals surface area (Å²) in [6.07, 6.45) is 5.82. The van der Waals surface area contributed by atoms with Gasteiger partial charge in [0.1, 0.15) is 11.6 Å². The van der Waals surface area contributed by atoms with Gasteiger partial charge >= 0.3 is 5.97 Å². The normalized spacial score (nSPS) is 17.0. The number of nitrogens with zero attached hydrogens (tertiary/aromatic N) is 2. The number of fused-ring (bicyclic) bond motifs is 2. The molecule has 0 atom stereocenters. The minimum Gasteiger partial charge on any atom is -0.477 e. The van der Waals surface area contributed by atoms with Gasteiger partial charge < -0.3 is 10.0 Å². The summed E-state index contributed by atoms with van der Waals surface area (Å²) in [5, 5.41) is 18.4. The molecule has 3 aliphatic rings. The average molecular weight is 875 g/mol. The van der Waals surface area contributed by atoms with Crippen molar-refractivity contribution in [2.45, 2.75) is 110 Å². The Labute approximate surface area is 375 Å². The Morgan fingerprint density at radius 2 is 0.934 bits per heavy atom. The molecule has 0 saturated heterocycles. The van der Waals surface area contributed by atoms with Crippen molar-refractivity contribution < 1.29 is 9.90 Å². The molecule has 7 heterocycles. The van der Waals surface area contributed by atoms with Gasteiger partial charge in [0.15, 0.2) is 0 Å². The minimum atomic E-state index is -1.20. The van der Waals surface area contributed by atoms with E-state index in [0.29, 0.717) is 0 Å². The van der Waals surface area contributed by atoms with Crippen LogP contribution in [-0.4, -0.2) is 11.1 Å². The third-order valence-corrected chi connectivity index (χ3v) is 18.1. The molecule has 1 N–H and O–H groups in total. The number of aliphatic carboxylic acids is 1. The second-order valence-electron chi connectivity index (χ2n) is 20.8. The standard InChI is InChI=1S/C53H50N2O2S4/c1-49(2,3)29-18-36-46-38(20-29)53(11,12)39-21-30(50(4,5)6)19-37-47(39)55(46)45-34(51(36,7)8)16-27(17-35(45)52(37,9)10)40-25-44-43(61-40)23-32(59-44)14-13-31-22-41-42(58-31)24-33(60-41)15-28(26-54)48(56)57/h13-25H,1-12H3,(H,56,57)/b14-13+,28-15-. The zero-order valence-electron chi connectivity index (χ0n) is 36.9. The SMILES string of the molecule is CC(C)(C)c1cc2c3c(c1)C(C)(C)c1cc(C(C)(C)C)cc4c1N3c1c(cc(-c3cc5sc(/C=C/c6cc7sc(/C=C(/C#N)C(=O)O)cc7s6)cc5s3)cc1C4(C)C)C2(C)C. The minimum absolute atomic E-state index is 0.000937. The Morgan fingerprint density at radius 1 is 0.574 bits per heavy atom. The largest absolute Gasteiger partial charge is 0.477 e. The first kappa shape index (κ1) is 40.3. The fourth-order valence-corrected chi connectivity index (χ4v) is 14.4. The third kappa shape index (κ3) is 5.94. The highest BCUT2D eigenvalue weighted by Crippen LogP contribution is 2.67. The number of rotatable bonds is 5. The van der Waals surface area contributed by atoms with Crippen molar-refractivity contribution >= 4 is 105 Å². The molecular weight excluding hydrogens is 825 g/mol. The molecule has 0 saturated carbocycles. The molecule has 3 aliphatic heterocycles. The Balaban J connectivity index is 1.08. The number of benzene rings is 3. The van der Waals surface area contributed by atoms with Crippen LogP contribution in [0.2, 0.25) is 0 Å². The number of nitriles is 1. The highest BCUT2D eigenvalue weighted by molar-refractivity contribution is 7.30. The van der Waals surface area contributed by atoms with E-state index in [-0.39, 0.29) is 32.6 Å². The van der Waals surface area contributed by atoms with Gasteiger partial charge in [-0.25, -0.2) is 4.79 Å². The van der Waals surface area contributed by atoms with E-state index in [1.165, 1.54) is 104 Å². The number of hydrogen-bond acceptors (Lipinski definition) is 7. The van der Waals surface area contributed by atoms with Gasteiger partial charge in [-0.2, -0.15) is 5.26 Å². The van der Waals surface area contributed by atoms with Gasteiger partial charge in [0, 0.05) is 54.6 Å². The fraction of sp³-hybridized carbons (Fsp3) is 0.321. The summed E-state index contributed by atoms with van der Waals surface area (Å²) in [4.78, 5) is 18.5. The van der Waals surface area contributed by atoms with E-state index in [1.54, 1.807) is 17.4 Å². The first-order valence-corrected chi connectivity index (χ1v) is 24.2. The van der Waals surface area contributed by atoms with Crippen LogP contribution >= 0.6 is 45.3 Å². The molecular formula is C53H50N2O2S4. The lowest BCUT2D eigenvalue weighted by molar-refractivity contribution is -0.132. The number of carboxylic acids is 1. The van der Waals surface area contributed by atoms with Crippen molar-refractivity contribution in [1.82, 2.24) is 0 Å². The van der Waals surface area contributed by atoms with E-state index in [9.17, 15) is 9.90 Å². The summed E-state index contributed by atoms with van der Waals surface area (Å²) in [7, 11) is 0. The van der Waals surface area contributed by atoms with Crippen LogP contribution in [0.25, 0.3) is 47.5 Å². The number of anilines is 3. The van der Waals surface area contributed by atoms with Crippen molar-refractivity contribution in [1.29, 1.82) is 5.26 Å². The monoisotopic (exact) mass is 874 g/mol. The second-order valence-corrected chi connectivity index (χ2v) is 25.2. The first-order valence-electron chi connectivity index (χ1n) is 21.0. The van der Waals surface area contributed by atoms with E-state index < -0.39 is 5.97 Å². The molecule has 0 fully saturated rings. The third-order valence-electron chi connectivity index (χ3n) is 13.6. The van der Waals surface area contributed by atoms with Gasteiger partial charge in [0.2, 0.25) is 0 Å². The molecule has 61 heavy (non-hydrogen) atoms. The van der Waals surface area contributed by atoms with Gasteiger partial charge in [0.05, 0.1) is 17.1 Å². The highest BCUT2D eigenvalue weighted by atomic mass is 32.1. The van der Waals surface area contributed by atoms with E-state index in [4.69, 9.17) is 5.26 Å². The highest BCUT2D eigenvalue weighted by Gasteiger charge is 2.52. The van der Waals surface area contributed by atoms with Crippen molar-refractivity contribution in [3.05, 3.63) is 125 Å². The topological polar surface area (TPSA) is 64.3 Å². The van der Waals surface area contributed by atoms with E-state index in [2.05, 4.69) is 155 Å². The van der Waals surface area contributed by atoms with Crippen LogP contribution in [0.1, 0.15) is 142 Å². The lowest BCUT2D eigenvalue weighted by Crippen LogP contribution is -2.44. The molecule has 8 heteroatoms. The van der Waals surface area contributed by atoms with Crippen LogP contribution in [-0.2, 0) is 31.9 Å². The van der Waals surface area contributed by atoms with Crippen molar-refractivity contribution in [3.63, 3.8) is 0 Å². The van der Waals surface area contributed by atoms with Crippen LogP contribution in [0.5, 0.6) is 0 Å². The summed E-state index contributed by atoms with van der Waals surface area (Å²) >= 11 is 6.90. The second kappa shape index (κ2) is 12.9. The van der Waals surface area contributed by atoms with Crippen molar-refractivity contribution in [2.24, 2.45) is 0 Å². The van der Waals surface area contributed by atoms with Crippen LogP contribution in [0, 0.1) is 11.3 Å². The quantitative estimate of drug-likeness (QED) is 0.138. The van der Waals surface area contributed by atoms with Crippen molar-refractivity contribution in [3.8, 4) is 16.5 Å². The lowest BCUT2D eigenvalue weighted by atomic mass is 9.59. The van der Waals surface area contributed by atoms with Crippen LogP contribution in [0.4, 0.5) is 17.1 Å². The maximum Gasteiger partial charge on any atom is 0.346 e. The van der Waals surface area contributed by atoms with Gasteiger partial charge in [-0.1, -0.05) is 107 Å². The molecule has 7 aromatic rings. The number of carboxylic acid groups (broad SMARTS) is 1. The zero-order chi connectivity index (χ0) is 43.5. The maximum atomic E-state index is 11.3. The molecule has 0 unspecified atom stereocenters. The van der Waals surface area contributed by atoms with Crippen LogP contribution in [0.15, 0.2) is 66.2 Å². The zero-order valence-corrected chi connectivity index (χ0v) is 40.2. The number of thiophene rings is 4. The molecule has 0 amide bonds. The molecule has 308 valence electrons. The Bertz CT molecular complexity index is 3010. The van der Waals surface area contributed by atoms with E-state index in [0.717, 1.165) is 19.2 Å². The molecule has 0 spiro atoms. The molecule has 0 radical (unpaired) electrons. The lowest BCUT2D eigenvalue weighted by Gasteiger charge is -2.55. The molecule has 4 aromatic heterocycles.